The van der Waals surface area contributed by atoms with Gasteiger partial charge in [0.15, 0.2) is 6.23 Å². The number of para-hydroxylation sites is 1. The minimum atomic E-state index is -4.13. The molecule has 1 aliphatic heterocycles. The maximum atomic E-state index is 13.6. The molecule has 0 spiro atoms. The summed E-state index contributed by atoms with van der Waals surface area (Å²) in [5.74, 6) is -0.400. The molecule has 12 nitrogen and oxygen atoms in total. The molecule has 1 saturated heterocycles. The lowest BCUT2D eigenvalue weighted by Gasteiger charge is -2.25. The summed E-state index contributed by atoms with van der Waals surface area (Å²) < 4.78 is 36.8. The molecule has 0 bridgehead atoms. The molecule has 0 radical (unpaired) electrons. The van der Waals surface area contributed by atoms with Crippen LogP contribution in [0.15, 0.2) is 52.2 Å². The minimum Gasteiger partial charge on any atom is -0.462 e. The normalized spacial score (nSPS) is 24.6. The van der Waals surface area contributed by atoms with E-state index in [1.807, 2.05) is 0 Å². The molecule has 1 aromatic carbocycles. The van der Waals surface area contributed by atoms with Gasteiger partial charge in [-0.15, -0.1) is 0 Å². The molecule has 1 fully saturated rings. The van der Waals surface area contributed by atoms with Crippen LogP contribution in [0.5, 0.6) is 5.75 Å². The van der Waals surface area contributed by atoms with Gasteiger partial charge in [-0.2, -0.15) is 5.09 Å². The SMILES string of the molecule is CC(C)OC(=O)C(C)NP(=O)(OCC1CC(C)(O)C(n2ccc(=O)[nH]c2=O)O1)Oc1ccccc1. The minimum absolute atomic E-state index is 0.0273. The third-order valence-corrected chi connectivity index (χ3v) is 6.70. The van der Waals surface area contributed by atoms with Gasteiger partial charge in [0.2, 0.25) is 0 Å². The van der Waals surface area contributed by atoms with Crippen molar-refractivity contribution in [2.24, 2.45) is 0 Å². The maximum absolute atomic E-state index is 13.6. The number of ether oxygens (including phenoxy) is 2. The molecule has 3 rings (SSSR count). The van der Waals surface area contributed by atoms with E-state index in [9.17, 15) is 24.1 Å². The predicted molar refractivity (Wildman–Crippen MR) is 125 cm³/mol. The molecule has 0 aliphatic carbocycles. The van der Waals surface area contributed by atoms with Crippen LogP contribution in [0.1, 0.15) is 40.3 Å². The Kier molecular flexibility index (Phi) is 8.34. The summed E-state index contributed by atoms with van der Waals surface area (Å²) >= 11 is 0. The van der Waals surface area contributed by atoms with Crippen molar-refractivity contribution in [2.45, 2.75) is 64.2 Å². The number of nitrogens with one attached hydrogen (secondary N) is 2. The average Bonchev–Trinajstić information content (AvgIpc) is 3.06. The zero-order valence-electron chi connectivity index (χ0n) is 19.9. The van der Waals surface area contributed by atoms with Gasteiger partial charge in [-0.1, -0.05) is 18.2 Å². The van der Waals surface area contributed by atoms with Gasteiger partial charge >= 0.3 is 19.4 Å². The number of hydrogen-bond donors (Lipinski definition) is 3. The number of benzene rings is 1. The summed E-state index contributed by atoms with van der Waals surface area (Å²) in [4.78, 5) is 37.9. The number of carbonyl (C=O) groups is 1. The van der Waals surface area contributed by atoms with Gasteiger partial charge in [-0.3, -0.25) is 23.7 Å². The molecule has 2 aromatic rings. The van der Waals surface area contributed by atoms with Crippen molar-refractivity contribution >= 4 is 13.7 Å². The fourth-order valence-corrected chi connectivity index (χ4v) is 5.05. The van der Waals surface area contributed by atoms with E-state index in [0.717, 1.165) is 10.6 Å². The zero-order valence-corrected chi connectivity index (χ0v) is 20.8. The monoisotopic (exact) mass is 511 g/mol. The van der Waals surface area contributed by atoms with Crippen LogP contribution < -0.4 is 20.9 Å². The highest BCUT2D eigenvalue weighted by atomic mass is 31.2. The number of aromatic nitrogens is 2. The van der Waals surface area contributed by atoms with E-state index in [-0.39, 0.29) is 24.9 Å². The Hall–Kier alpha value is -2.76. The first-order valence-corrected chi connectivity index (χ1v) is 12.6. The van der Waals surface area contributed by atoms with Gasteiger partial charge in [0.25, 0.3) is 5.56 Å². The first kappa shape index (κ1) is 26.8. The molecule has 1 aliphatic rings. The molecule has 0 saturated carbocycles. The van der Waals surface area contributed by atoms with Crippen LogP contribution >= 0.6 is 7.75 Å². The average molecular weight is 511 g/mol. The quantitative estimate of drug-likeness (QED) is 0.317. The summed E-state index contributed by atoms with van der Waals surface area (Å²) in [7, 11) is -4.13. The van der Waals surface area contributed by atoms with E-state index in [0.29, 0.717) is 0 Å². The summed E-state index contributed by atoms with van der Waals surface area (Å²) in [6.07, 6.45) is -1.04. The largest absolute Gasteiger partial charge is 0.462 e. The maximum Gasteiger partial charge on any atom is 0.459 e. The predicted octanol–water partition coefficient (Wildman–Crippen LogP) is 1.71. The van der Waals surface area contributed by atoms with E-state index in [2.05, 4.69) is 10.1 Å². The Morgan fingerprint density at radius 3 is 2.60 bits per heavy atom. The van der Waals surface area contributed by atoms with Crippen LogP contribution in [0.2, 0.25) is 0 Å². The van der Waals surface area contributed by atoms with Gasteiger partial charge in [0.1, 0.15) is 17.4 Å². The van der Waals surface area contributed by atoms with Gasteiger partial charge in [0.05, 0.1) is 18.8 Å². The van der Waals surface area contributed by atoms with Crippen molar-refractivity contribution in [3.05, 3.63) is 63.4 Å². The highest BCUT2D eigenvalue weighted by Crippen LogP contribution is 2.46. The van der Waals surface area contributed by atoms with E-state index in [1.165, 1.54) is 20.0 Å². The number of rotatable bonds is 10. The highest BCUT2D eigenvalue weighted by molar-refractivity contribution is 7.52. The summed E-state index contributed by atoms with van der Waals surface area (Å²) in [5.41, 5.74) is -2.83. The van der Waals surface area contributed by atoms with Crippen LogP contribution in [0.3, 0.4) is 0 Å². The molecule has 5 atom stereocenters. The van der Waals surface area contributed by atoms with Crippen LogP contribution in [0.4, 0.5) is 0 Å². The smallest absolute Gasteiger partial charge is 0.459 e. The second-order valence-corrected chi connectivity index (χ2v) is 10.4. The highest BCUT2D eigenvalue weighted by Gasteiger charge is 2.46. The number of hydrogen-bond acceptors (Lipinski definition) is 9. The van der Waals surface area contributed by atoms with Crippen LogP contribution in [0, 0.1) is 0 Å². The first-order chi connectivity index (χ1) is 16.4. The van der Waals surface area contributed by atoms with Gasteiger partial charge in [-0.25, -0.2) is 9.36 Å². The number of esters is 1. The van der Waals surface area contributed by atoms with Gasteiger partial charge in [0, 0.05) is 18.7 Å². The molecule has 3 N–H and O–H groups in total. The Balaban J connectivity index is 1.75. The molecule has 2 heterocycles. The van der Waals surface area contributed by atoms with E-state index in [4.69, 9.17) is 18.5 Å². The van der Waals surface area contributed by atoms with Crippen molar-refractivity contribution in [2.75, 3.05) is 6.61 Å². The first-order valence-electron chi connectivity index (χ1n) is 11.1. The topological polar surface area (TPSA) is 158 Å². The fraction of sp³-hybridized carbons (Fsp3) is 0.500. The number of carbonyl (C=O) groups excluding carboxylic acids is 1. The van der Waals surface area contributed by atoms with Crippen molar-refractivity contribution in [3.8, 4) is 5.75 Å². The van der Waals surface area contributed by atoms with E-state index >= 15 is 0 Å². The fourth-order valence-electron chi connectivity index (χ4n) is 3.53. The van der Waals surface area contributed by atoms with Crippen molar-refractivity contribution in [3.63, 3.8) is 0 Å². The Morgan fingerprint density at radius 1 is 1.29 bits per heavy atom. The molecular formula is C22H30N3O9P. The Bertz CT molecular complexity index is 1180. The molecule has 1 aromatic heterocycles. The number of aromatic amines is 1. The number of H-pyrrole nitrogens is 1. The summed E-state index contributed by atoms with van der Waals surface area (Å²) in [6, 6.07) is 8.37. The third kappa shape index (κ3) is 7.12. The lowest BCUT2D eigenvalue weighted by atomic mass is 10.0. The van der Waals surface area contributed by atoms with Crippen LogP contribution in [0.25, 0.3) is 0 Å². The van der Waals surface area contributed by atoms with E-state index in [1.54, 1.807) is 44.2 Å². The lowest BCUT2D eigenvalue weighted by molar-refractivity contribution is -0.149. The van der Waals surface area contributed by atoms with E-state index < -0.39 is 48.9 Å². The van der Waals surface area contributed by atoms with Crippen molar-refractivity contribution in [1.29, 1.82) is 0 Å². The summed E-state index contributed by atoms with van der Waals surface area (Å²) in [6.45, 7) is 6.01. The molecule has 13 heteroatoms. The molecule has 5 unspecified atom stereocenters. The lowest BCUT2D eigenvalue weighted by Crippen LogP contribution is -2.40. The van der Waals surface area contributed by atoms with Crippen molar-refractivity contribution < 1.29 is 33.0 Å². The standard InChI is InChI=1S/C22H30N3O9P/c1-14(2)32-19(27)15(3)24-35(30,34-16-8-6-5-7-9-16)31-13-17-12-22(4,29)20(33-17)25-11-10-18(26)23-21(25)28/h5-11,14-15,17,20,29H,12-13H2,1-4H3,(H,24,30)(H,23,26,28). The second-order valence-electron chi connectivity index (χ2n) is 8.72. The molecule has 192 valence electrons. The van der Waals surface area contributed by atoms with Crippen LogP contribution in [-0.2, 0) is 23.4 Å². The molecular weight excluding hydrogens is 481 g/mol. The third-order valence-electron chi connectivity index (χ3n) is 5.05. The zero-order chi connectivity index (χ0) is 25.8. The molecule has 0 amide bonds. The van der Waals surface area contributed by atoms with Gasteiger partial charge < -0.3 is 19.1 Å². The molecule has 35 heavy (non-hydrogen) atoms. The van der Waals surface area contributed by atoms with Gasteiger partial charge in [-0.05, 0) is 39.8 Å². The van der Waals surface area contributed by atoms with Crippen LogP contribution in [-0.4, -0.2) is 51.1 Å². The Labute approximate surface area is 201 Å². The second kappa shape index (κ2) is 10.9. The van der Waals surface area contributed by atoms with Crippen molar-refractivity contribution in [1.82, 2.24) is 14.6 Å². The number of aliphatic hydroxyl groups is 1. The Morgan fingerprint density at radius 2 is 1.97 bits per heavy atom. The number of nitrogens with zero attached hydrogens (tertiary/aromatic N) is 1. The summed E-state index contributed by atoms with van der Waals surface area (Å²) in [5, 5.41) is 13.4.